The molecule has 30 heavy (non-hydrogen) atoms. The number of anilines is 1. The van der Waals surface area contributed by atoms with E-state index < -0.39 is 33.6 Å². The molecule has 1 amide bonds. The van der Waals surface area contributed by atoms with Crippen molar-refractivity contribution in [3.8, 4) is 5.69 Å². The molecular formula is C20H18N4O6. The van der Waals surface area contributed by atoms with E-state index in [0.29, 0.717) is 11.4 Å². The fourth-order valence-electron chi connectivity index (χ4n) is 3.10. The van der Waals surface area contributed by atoms with Crippen molar-refractivity contribution in [3.63, 3.8) is 0 Å². The first-order valence-corrected chi connectivity index (χ1v) is 8.79. The molecule has 1 heterocycles. The van der Waals surface area contributed by atoms with E-state index in [0.717, 1.165) is 13.2 Å². The molecule has 0 aliphatic carbocycles. The molecule has 2 aromatic carbocycles. The van der Waals surface area contributed by atoms with Crippen LogP contribution in [0, 0.1) is 17.0 Å². The van der Waals surface area contributed by atoms with Gasteiger partial charge in [0.05, 0.1) is 29.0 Å². The molecule has 0 saturated heterocycles. The number of para-hydroxylation sites is 1. The van der Waals surface area contributed by atoms with Gasteiger partial charge in [-0.05, 0) is 25.1 Å². The van der Waals surface area contributed by atoms with Crippen molar-refractivity contribution in [2.45, 2.75) is 6.92 Å². The number of nitro groups is 1. The van der Waals surface area contributed by atoms with Gasteiger partial charge in [0.15, 0.2) is 0 Å². The van der Waals surface area contributed by atoms with Gasteiger partial charge in [-0.25, -0.2) is 9.48 Å². The minimum absolute atomic E-state index is 0.0553. The Kier molecular flexibility index (Phi) is 5.50. The number of hydrogen-bond donors (Lipinski definition) is 1. The van der Waals surface area contributed by atoms with Crippen LogP contribution in [0.2, 0.25) is 0 Å². The molecule has 1 aromatic heterocycles. The van der Waals surface area contributed by atoms with Crippen molar-refractivity contribution in [1.29, 1.82) is 0 Å². The standard InChI is InChI=1S/C20H18N4O6/c1-12-17(19(26)23(22(12)2)13-8-5-4-6-9-13)21-18(25)16-14(20(27)30-3)10-7-11-15(16)24(28)29/h4-11H,1-3H3,(H,21,25). The van der Waals surface area contributed by atoms with Gasteiger partial charge in [0.2, 0.25) is 0 Å². The number of nitrogens with one attached hydrogen (secondary N) is 1. The second-order valence-electron chi connectivity index (χ2n) is 6.34. The first-order valence-electron chi connectivity index (χ1n) is 8.79. The molecule has 0 aliphatic rings. The monoisotopic (exact) mass is 410 g/mol. The van der Waals surface area contributed by atoms with Crippen LogP contribution in [0.4, 0.5) is 11.4 Å². The number of esters is 1. The van der Waals surface area contributed by atoms with Crippen molar-refractivity contribution in [1.82, 2.24) is 9.36 Å². The predicted octanol–water partition coefficient (Wildman–Crippen LogP) is 2.43. The number of ether oxygens (including phenoxy) is 1. The van der Waals surface area contributed by atoms with E-state index in [9.17, 15) is 24.5 Å². The molecule has 0 fully saturated rings. The van der Waals surface area contributed by atoms with Crippen LogP contribution >= 0.6 is 0 Å². The normalized spacial score (nSPS) is 10.5. The molecule has 0 radical (unpaired) electrons. The van der Waals surface area contributed by atoms with Gasteiger partial charge in [0.1, 0.15) is 11.3 Å². The lowest BCUT2D eigenvalue weighted by Crippen LogP contribution is -2.24. The molecule has 0 bridgehead atoms. The SMILES string of the molecule is COC(=O)c1cccc([N+](=O)[O-])c1C(=O)Nc1c(C)n(C)n(-c2ccccc2)c1=O. The maximum atomic E-state index is 13.0. The summed E-state index contributed by atoms with van der Waals surface area (Å²) in [4.78, 5) is 48.6. The molecule has 0 atom stereocenters. The molecule has 10 heteroatoms. The van der Waals surface area contributed by atoms with Crippen molar-refractivity contribution < 1.29 is 19.2 Å². The quantitative estimate of drug-likeness (QED) is 0.391. The highest BCUT2D eigenvalue weighted by atomic mass is 16.6. The lowest BCUT2D eigenvalue weighted by Gasteiger charge is -2.09. The summed E-state index contributed by atoms with van der Waals surface area (Å²) in [5, 5.41) is 13.9. The van der Waals surface area contributed by atoms with Crippen LogP contribution in [0.25, 0.3) is 5.69 Å². The summed E-state index contributed by atoms with van der Waals surface area (Å²) in [5.74, 6) is -1.87. The number of amides is 1. The Hall–Kier alpha value is -4.21. The number of carbonyl (C=O) groups is 2. The second kappa shape index (κ2) is 8.03. The largest absolute Gasteiger partial charge is 0.465 e. The minimum atomic E-state index is -0.964. The Bertz CT molecular complexity index is 1210. The number of benzene rings is 2. The zero-order valence-corrected chi connectivity index (χ0v) is 16.4. The third-order valence-corrected chi connectivity index (χ3v) is 4.66. The van der Waals surface area contributed by atoms with E-state index in [-0.39, 0.29) is 11.3 Å². The summed E-state index contributed by atoms with van der Waals surface area (Å²) >= 11 is 0. The van der Waals surface area contributed by atoms with Gasteiger partial charge in [-0.1, -0.05) is 24.3 Å². The number of rotatable bonds is 5. The second-order valence-corrected chi connectivity index (χ2v) is 6.34. The molecular weight excluding hydrogens is 392 g/mol. The molecule has 154 valence electrons. The van der Waals surface area contributed by atoms with E-state index in [4.69, 9.17) is 0 Å². The topological polar surface area (TPSA) is 125 Å². The van der Waals surface area contributed by atoms with Crippen LogP contribution in [-0.4, -0.2) is 33.3 Å². The third kappa shape index (κ3) is 3.46. The number of aromatic nitrogens is 2. The van der Waals surface area contributed by atoms with E-state index in [1.54, 1.807) is 49.0 Å². The molecule has 0 aliphatic heterocycles. The molecule has 10 nitrogen and oxygen atoms in total. The van der Waals surface area contributed by atoms with Crippen molar-refractivity contribution in [2.75, 3.05) is 12.4 Å². The summed E-state index contributed by atoms with van der Waals surface area (Å²) in [6.45, 7) is 1.62. The van der Waals surface area contributed by atoms with Crippen molar-refractivity contribution >= 4 is 23.3 Å². The molecule has 3 rings (SSSR count). The lowest BCUT2D eigenvalue weighted by molar-refractivity contribution is -0.385. The van der Waals surface area contributed by atoms with Gasteiger partial charge in [0, 0.05) is 13.1 Å². The minimum Gasteiger partial charge on any atom is -0.465 e. The highest BCUT2D eigenvalue weighted by Gasteiger charge is 2.29. The third-order valence-electron chi connectivity index (χ3n) is 4.66. The highest BCUT2D eigenvalue weighted by Crippen LogP contribution is 2.25. The fourth-order valence-corrected chi connectivity index (χ4v) is 3.10. The molecule has 0 saturated carbocycles. The van der Waals surface area contributed by atoms with Gasteiger partial charge in [-0.2, -0.15) is 0 Å². The Morgan fingerprint density at radius 1 is 1.10 bits per heavy atom. The summed E-state index contributed by atoms with van der Waals surface area (Å²) in [5.41, 5.74) is -0.908. The van der Waals surface area contributed by atoms with Crippen LogP contribution < -0.4 is 10.9 Å². The van der Waals surface area contributed by atoms with E-state index >= 15 is 0 Å². The van der Waals surface area contributed by atoms with Crippen molar-refractivity contribution in [3.05, 3.63) is 85.8 Å². The Labute approximate surface area is 170 Å². The summed E-state index contributed by atoms with van der Waals surface area (Å²) in [7, 11) is 2.74. The van der Waals surface area contributed by atoms with Gasteiger partial charge in [-0.3, -0.25) is 24.4 Å². The van der Waals surface area contributed by atoms with Crippen LogP contribution in [0.5, 0.6) is 0 Å². The summed E-state index contributed by atoms with van der Waals surface area (Å²) in [6, 6.07) is 12.4. The average Bonchev–Trinajstić information content (AvgIpc) is 2.96. The first kappa shape index (κ1) is 20.5. The number of hydrogen-bond acceptors (Lipinski definition) is 6. The van der Waals surface area contributed by atoms with E-state index in [2.05, 4.69) is 10.1 Å². The van der Waals surface area contributed by atoms with Crippen LogP contribution in [-0.2, 0) is 11.8 Å². The lowest BCUT2D eigenvalue weighted by atomic mass is 10.0. The number of nitrogens with zero attached hydrogens (tertiary/aromatic N) is 3. The summed E-state index contributed by atoms with van der Waals surface area (Å²) in [6.07, 6.45) is 0. The van der Waals surface area contributed by atoms with Crippen molar-refractivity contribution in [2.24, 2.45) is 7.05 Å². The molecule has 0 spiro atoms. The number of carbonyl (C=O) groups excluding carboxylic acids is 2. The highest BCUT2D eigenvalue weighted by molar-refractivity contribution is 6.13. The predicted molar refractivity (Wildman–Crippen MR) is 108 cm³/mol. The van der Waals surface area contributed by atoms with Gasteiger partial charge >= 0.3 is 5.97 Å². The fraction of sp³-hybridized carbons (Fsp3) is 0.150. The maximum absolute atomic E-state index is 13.0. The zero-order valence-electron chi connectivity index (χ0n) is 16.4. The maximum Gasteiger partial charge on any atom is 0.338 e. The van der Waals surface area contributed by atoms with E-state index in [1.807, 2.05) is 0 Å². The van der Waals surface area contributed by atoms with Gasteiger partial charge in [0.25, 0.3) is 17.2 Å². The van der Waals surface area contributed by atoms with Gasteiger partial charge < -0.3 is 10.1 Å². The van der Waals surface area contributed by atoms with E-state index in [1.165, 1.54) is 16.8 Å². The Balaban J connectivity index is 2.12. The zero-order chi connectivity index (χ0) is 22.0. The summed E-state index contributed by atoms with van der Waals surface area (Å²) < 4.78 is 7.53. The average molecular weight is 410 g/mol. The Morgan fingerprint density at radius 2 is 1.77 bits per heavy atom. The number of methoxy groups -OCH3 is 1. The molecule has 0 unspecified atom stereocenters. The smallest absolute Gasteiger partial charge is 0.338 e. The van der Waals surface area contributed by atoms with Gasteiger partial charge in [-0.15, -0.1) is 0 Å². The first-order chi connectivity index (χ1) is 14.3. The molecule has 3 aromatic rings. The van der Waals surface area contributed by atoms with Crippen LogP contribution in [0.1, 0.15) is 26.4 Å². The molecule has 1 N–H and O–H groups in total. The van der Waals surface area contributed by atoms with Crippen LogP contribution in [0.15, 0.2) is 53.3 Å². The Morgan fingerprint density at radius 3 is 2.37 bits per heavy atom. The van der Waals surface area contributed by atoms with Crippen LogP contribution in [0.3, 0.4) is 0 Å². The number of nitro benzene ring substituents is 1.